The first-order valence-electron chi connectivity index (χ1n) is 8.35. The minimum Gasteiger partial charge on any atom is -0.310 e. The molecule has 0 aromatic carbocycles. The normalized spacial score (nSPS) is 36.5. The molecule has 0 spiro atoms. The predicted octanol–water partition coefficient (Wildman–Crippen LogP) is 3.17. The van der Waals surface area contributed by atoms with Crippen molar-refractivity contribution in [1.29, 1.82) is 0 Å². The van der Waals surface area contributed by atoms with Gasteiger partial charge in [0.2, 0.25) is 0 Å². The average molecular weight is 250 g/mol. The van der Waals surface area contributed by atoms with E-state index >= 15 is 0 Å². The Balaban J connectivity index is 1.52. The highest BCUT2D eigenvalue weighted by Crippen LogP contribution is 2.30. The van der Waals surface area contributed by atoms with Crippen LogP contribution in [-0.2, 0) is 0 Å². The van der Waals surface area contributed by atoms with Gasteiger partial charge in [-0.3, -0.25) is 4.90 Å². The van der Waals surface area contributed by atoms with E-state index in [1.807, 2.05) is 0 Å². The Kier molecular flexibility index (Phi) is 4.25. The lowest BCUT2D eigenvalue weighted by Gasteiger charge is -2.30. The highest BCUT2D eigenvalue weighted by atomic mass is 15.2. The summed E-state index contributed by atoms with van der Waals surface area (Å²) >= 11 is 0. The first-order valence-corrected chi connectivity index (χ1v) is 8.35. The van der Waals surface area contributed by atoms with Crippen molar-refractivity contribution < 1.29 is 0 Å². The Bertz CT molecular complexity index is 258. The molecule has 3 rings (SSSR count). The highest BCUT2D eigenvalue weighted by molar-refractivity contribution is 4.97. The van der Waals surface area contributed by atoms with Crippen LogP contribution >= 0.6 is 0 Å². The second-order valence-corrected chi connectivity index (χ2v) is 6.85. The van der Waals surface area contributed by atoms with Crippen molar-refractivity contribution in [3.63, 3.8) is 0 Å². The van der Waals surface area contributed by atoms with Crippen LogP contribution in [0.15, 0.2) is 0 Å². The van der Waals surface area contributed by atoms with Crippen molar-refractivity contribution in [2.75, 3.05) is 13.1 Å². The molecule has 0 bridgehead atoms. The van der Waals surface area contributed by atoms with Crippen molar-refractivity contribution in [3.05, 3.63) is 0 Å². The molecule has 0 radical (unpaired) electrons. The molecular formula is C16H30N2. The van der Waals surface area contributed by atoms with E-state index in [9.17, 15) is 0 Å². The van der Waals surface area contributed by atoms with E-state index in [0.29, 0.717) is 0 Å². The van der Waals surface area contributed by atoms with Gasteiger partial charge in [0.15, 0.2) is 0 Å². The molecule has 3 atom stereocenters. The number of fused-ring (bicyclic) bond motifs is 1. The Morgan fingerprint density at radius 2 is 1.67 bits per heavy atom. The maximum atomic E-state index is 4.01. The van der Waals surface area contributed by atoms with Crippen molar-refractivity contribution in [3.8, 4) is 0 Å². The number of hydrogen-bond donors (Lipinski definition) is 1. The largest absolute Gasteiger partial charge is 0.310 e. The van der Waals surface area contributed by atoms with Gasteiger partial charge < -0.3 is 5.32 Å². The number of nitrogens with one attached hydrogen (secondary N) is 1. The fourth-order valence-electron chi connectivity index (χ4n) is 4.56. The van der Waals surface area contributed by atoms with Crippen molar-refractivity contribution in [1.82, 2.24) is 10.2 Å². The summed E-state index contributed by atoms with van der Waals surface area (Å²) in [5.74, 6) is 0.947. The van der Waals surface area contributed by atoms with Crippen LogP contribution in [0, 0.1) is 5.92 Å². The molecule has 3 aliphatic rings. The van der Waals surface area contributed by atoms with Gasteiger partial charge in [0.1, 0.15) is 0 Å². The maximum Gasteiger partial charge on any atom is 0.0250 e. The quantitative estimate of drug-likeness (QED) is 0.774. The van der Waals surface area contributed by atoms with E-state index < -0.39 is 0 Å². The topological polar surface area (TPSA) is 15.3 Å². The summed E-state index contributed by atoms with van der Waals surface area (Å²) in [6, 6.07) is 2.41. The number of hydrogen-bond acceptors (Lipinski definition) is 2. The van der Waals surface area contributed by atoms with Crippen molar-refractivity contribution >= 4 is 0 Å². The lowest BCUT2D eigenvalue weighted by atomic mass is 9.91. The molecule has 0 aromatic rings. The third-order valence-corrected chi connectivity index (χ3v) is 5.69. The first kappa shape index (κ1) is 12.9. The molecule has 2 heterocycles. The summed E-state index contributed by atoms with van der Waals surface area (Å²) in [4.78, 5) is 2.72. The Hall–Kier alpha value is -0.0800. The molecule has 3 fully saturated rings. The molecule has 2 unspecified atom stereocenters. The van der Waals surface area contributed by atoms with Crippen LogP contribution in [-0.4, -0.2) is 36.1 Å². The standard InChI is InChI=1S/C16H30N2/c1-13(14-7-4-2-3-5-8-14)17-15-10-12-18-11-6-9-16(15)18/h13-17H,2-12H2,1H3/t13-,15?,16?/m1/s1. The third kappa shape index (κ3) is 2.75. The molecule has 2 aliphatic heterocycles. The smallest absolute Gasteiger partial charge is 0.0250 e. The molecule has 18 heavy (non-hydrogen) atoms. The van der Waals surface area contributed by atoms with Crippen LogP contribution in [0.1, 0.15) is 64.7 Å². The first-order chi connectivity index (χ1) is 8.84. The summed E-state index contributed by atoms with van der Waals surface area (Å²) in [7, 11) is 0. The molecule has 1 saturated carbocycles. The summed E-state index contributed by atoms with van der Waals surface area (Å²) in [5, 5.41) is 4.01. The Labute approximate surface area is 113 Å². The summed E-state index contributed by atoms with van der Waals surface area (Å²) in [5.41, 5.74) is 0. The summed E-state index contributed by atoms with van der Waals surface area (Å²) < 4.78 is 0. The zero-order chi connectivity index (χ0) is 12.4. The zero-order valence-corrected chi connectivity index (χ0v) is 12.0. The van der Waals surface area contributed by atoms with Crippen LogP contribution in [0.25, 0.3) is 0 Å². The van der Waals surface area contributed by atoms with Gasteiger partial charge in [0, 0.05) is 24.7 Å². The summed E-state index contributed by atoms with van der Waals surface area (Å²) in [6.45, 7) is 5.16. The van der Waals surface area contributed by atoms with Crippen LogP contribution in [0.2, 0.25) is 0 Å². The van der Waals surface area contributed by atoms with Crippen LogP contribution in [0.4, 0.5) is 0 Å². The molecule has 104 valence electrons. The molecule has 1 N–H and O–H groups in total. The van der Waals surface area contributed by atoms with Crippen LogP contribution < -0.4 is 5.32 Å². The monoisotopic (exact) mass is 250 g/mol. The minimum absolute atomic E-state index is 0.744. The number of nitrogens with zero attached hydrogens (tertiary/aromatic N) is 1. The van der Waals surface area contributed by atoms with Crippen LogP contribution in [0.5, 0.6) is 0 Å². The second-order valence-electron chi connectivity index (χ2n) is 6.85. The van der Waals surface area contributed by atoms with Gasteiger partial charge in [-0.05, 0) is 51.5 Å². The van der Waals surface area contributed by atoms with Gasteiger partial charge in [-0.25, -0.2) is 0 Å². The molecule has 2 heteroatoms. The average Bonchev–Trinajstić information content (AvgIpc) is 2.85. The SMILES string of the molecule is C[C@@H](NC1CCN2CCCC12)C1CCCCCC1. The van der Waals surface area contributed by atoms with Crippen molar-refractivity contribution in [2.45, 2.75) is 82.8 Å². The fourth-order valence-corrected chi connectivity index (χ4v) is 4.56. The second kappa shape index (κ2) is 5.92. The van der Waals surface area contributed by atoms with Gasteiger partial charge in [-0.2, -0.15) is 0 Å². The van der Waals surface area contributed by atoms with E-state index in [-0.39, 0.29) is 0 Å². The lowest BCUT2D eigenvalue weighted by Crippen LogP contribution is -2.46. The Morgan fingerprint density at radius 3 is 2.44 bits per heavy atom. The minimum atomic E-state index is 0.744. The molecule has 2 nitrogen and oxygen atoms in total. The van der Waals surface area contributed by atoms with Crippen LogP contribution in [0.3, 0.4) is 0 Å². The van der Waals surface area contributed by atoms with E-state index in [2.05, 4.69) is 17.1 Å². The molecule has 0 aromatic heterocycles. The highest BCUT2D eigenvalue weighted by Gasteiger charge is 2.38. The Morgan fingerprint density at radius 1 is 0.889 bits per heavy atom. The van der Waals surface area contributed by atoms with E-state index in [1.54, 1.807) is 0 Å². The summed E-state index contributed by atoms with van der Waals surface area (Å²) in [6.07, 6.45) is 13.1. The van der Waals surface area contributed by atoms with Gasteiger partial charge >= 0.3 is 0 Å². The van der Waals surface area contributed by atoms with Crippen molar-refractivity contribution in [2.24, 2.45) is 5.92 Å². The molecule has 1 aliphatic carbocycles. The van der Waals surface area contributed by atoms with E-state index in [4.69, 9.17) is 0 Å². The molecule has 0 amide bonds. The van der Waals surface area contributed by atoms with E-state index in [0.717, 1.165) is 24.0 Å². The number of rotatable bonds is 3. The van der Waals surface area contributed by atoms with Gasteiger partial charge in [-0.15, -0.1) is 0 Å². The maximum absolute atomic E-state index is 4.01. The molecular weight excluding hydrogens is 220 g/mol. The fraction of sp³-hybridized carbons (Fsp3) is 1.00. The van der Waals surface area contributed by atoms with Gasteiger partial charge in [0.25, 0.3) is 0 Å². The third-order valence-electron chi connectivity index (χ3n) is 5.69. The predicted molar refractivity (Wildman–Crippen MR) is 76.8 cm³/mol. The zero-order valence-electron chi connectivity index (χ0n) is 12.0. The van der Waals surface area contributed by atoms with Gasteiger partial charge in [-0.1, -0.05) is 25.7 Å². The van der Waals surface area contributed by atoms with E-state index in [1.165, 1.54) is 70.9 Å². The lowest BCUT2D eigenvalue weighted by molar-refractivity contribution is 0.260. The van der Waals surface area contributed by atoms with Gasteiger partial charge in [0.05, 0.1) is 0 Å². The molecule has 2 saturated heterocycles.